The van der Waals surface area contributed by atoms with Crippen LogP contribution in [0.4, 0.5) is 0 Å². The lowest BCUT2D eigenvalue weighted by molar-refractivity contribution is -0.126. The Kier molecular flexibility index (Phi) is 6.49. The van der Waals surface area contributed by atoms with E-state index in [9.17, 15) is 13.2 Å². The summed E-state index contributed by atoms with van der Waals surface area (Å²) < 4.78 is 30.4. The molecule has 1 saturated heterocycles. The second-order valence-corrected chi connectivity index (χ2v) is 7.64. The molecule has 1 aromatic rings. The monoisotopic (exact) mass is 341 g/mol. The van der Waals surface area contributed by atoms with Gasteiger partial charge in [-0.25, -0.2) is 12.7 Å². The Bertz CT molecular complexity index is 598. The predicted molar refractivity (Wildman–Crippen MR) is 86.0 cm³/mol. The Hall–Kier alpha value is -1.51. The van der Waals surface area contributed by atoms with Crippen LogP contribution in [0.2, 0.25) is 0 Å². The van der Waals surface area contributed by atoms with E-state index in [0.717, 1.165) is 5.56 Å². The number of aromatic nitrogens is 1. The fourth-order valence-electron chi connectivity index (χ4n) is 2.55. The number of hydrogen-bond acceptors (Lipinski definition) is 5. The predicted octanol–water partition coefficient (Wildman–Crippen LogP) is 0.386. The molecule has 2 rings (SSSR count). The van der Waals surface area contributed by atoms with Crippen molar-refractivity contribution in [1.82, 2.24) is 14.6 Å². The van der Waals surface area contributed by atoms with Crippen LogP contribution in [0.25, 0.3) is 0 Å². The highest BCUT2D eigenvalue weighted by Crippen LogP contribution is 2.20. The smallest absolute Gasteiger partial charge is 0.223 e. The molecule has 1 aliphatic rings. The van der Waals surface area contributed by atoms with Gasteiger partial charge in [0.1, 0.15) is 0 Å². The number of nitrogens with one attached hydrogen (secondary N) is 1. The molecule has 1 amide bonds. The van der Waals surface area contributed by atoms with Crippen molar-refractivity contribution in [2.45, 2.75) is 19.4 Å². The van der Waals surface area contributed by atoms with Crippen LogP contribution in [0.15, 0.2) is 24.5 Å². The van der Waals surface area contributed by atoms with Crippen LogP contribution in [0.3, 0.4) is 0 Å². The number of sulfonamides is 1. The molecule has 0 saturated carbocycles. The van der Waals surface area contributed by atoms with Gasteiger partial charge in [0.25, 0.3) is 0 Å². The van der Waals surface area contributed by atoms with Gasteiger partial charge < -0.3 is 10.1 Å². The van der Waals surface area contributed by atoms with E-state index in [-0.39, 0.29) is 24.2 Å². The van der Waals surface area contributed by atoms with Gasteiger partial charge in [0.05, 0.1) is 12.4 Å². The lowest BCUT2D eigenvalue weighted by Crippen LogP contribution is -2.44. The van der Waals surface area contributed by atoms with Crippen LogP contribution in [0, 0.1) is 5.92 Å². The van der Waals surface area contributed by atoms with E-state index >= 15 is 0 Å². The maximum Gasteiger partial charge on any atom is 0.223 e. The number of amides is 1. The number of rotatable bonds is 7. The van der Waals surface area contributed by atoms with Gasteiger partial charge in [-0.15, -0.1) is 0 Å². The quantitative estimate of drug-likeness (QED) is 0.775. The van der Waals surface area contributed by atoms with E-state index in [1.165, 1.54) is 11.4 Å². The molecule has 0 spiro atoms. The van der Waals surface area contributed by atoms with Gasteiger partial charge in [0.15, 0.2) is 0 Å². The first-order chi connectivity index (χ1) is 11.0. The SMILES string of the molecule is COCCS(=O)(=O)N1CCC(C(=O)NCc2ccncc2)CC1. The van der Waals surface area contributed by atoms with Gasteiger partial charge in [0, 0.05) is 45.1 Å². The minimum absolute atomic E-state index is 0.0115. The number of methoxy groups -OCH3 is 1. The highest BCUT2D eigenvalue weighted by molar-refractivity contribution is 7.89. The maximum absolute atomic E-state index is 12.2. The molecule has 1 fully saturated rings. The molecule has 1 aliphatic heterocycles. The summed E-state index contributed by atoms with van der Waals surface area (Å²) >= 11 is 0. The van der Waals surface area contributed by atoms with Crippen molar-refractivity contribution in [2.24, 2.45) is 5.92 Å². The zero-order valence-electron chi connectivity index (χ0n) is 13.3. The van der Waals surface area contributed by atoms with Crippen molar-refractivity contribution >= 4 is 15.9 Å². The van der Waals surface area contributed by atoms with E-state index in [1.54, 1.807) is 12.4 Å². The molecule has 1 aromatic heterocycles. The molecule has 0 radical (unpaired) electrons. The number of nitrogens with zero attached hydrogens (tertiary/aromatic N) is 2. The summed E-state index contributed by atoms with van der Waals surface area (Å²) in [4.78, 5) is 16.1. The van der Waals surface area contributed by atoms with Crippen LogP contribution in [0.1, 0.15) is 18.4 Å². The lowest BCUT2D eigenvalue weighted by Gasteiger charge is -2.30. The summed E-state index contributed by atoms with van der Waals surface area (Å²) in [7, 11) is -1.80. The van der Waals surface area contributed by atoms with Gasteiger partial charge in [-0.05, 0) is 30.5 Å². The van der Waals surface area contributed by atoms with E-state index in [2.05, 4.69) is 10.3 Å². The lowest BCUT2D eigenvalue weighted by atomic mass is 9.97. The molecule has 8 heteroatoms. The summed E-state index contributed by atoms with van der Waals surface area (Å²) in [5.74, 6) is -0.163. The molecular weight excluding hydrogens is 318 g/mol. The second-order valence-electron chi connectivity index (χ2n) is 5.56. The fourth-order valence-corrected chi connectivity index (χ4v) is 3.95. The summed E-state index contributed by atoms with van der Waals surface area (Å²) in [5, 5.41) is 2.90. The molecule has 0 unspecified atom stereocenters. The average molecular weight is 341 g/mol. The van der Waals surface area contributed by atoms with Crippen molar-refractivity contribution in [3.63, 3.8) is 0 Å². The summed E-state index contributed by atoms with van der Waals surface area (Å²) in [6.45, 7) is 1.43. The van der Waals surface area contributed by atoms with Crippen molar-refractivity contribution < 1.29 is 17.9 Å². The standard InChI is InChI=1S/C15H23N3O4S/c1-22-10-11-23(20,21)18-8-4-14(5-9-18)15(19)17-12-13-2-6-16-7-3-13/h2-3,6-7,14H,4-5,8-12H2,1H3,(H,17,19). The maximum atomic E-state index is 12.2. The number of piperidine rings is 1. The number of ether oxygens (including phenoxy) is 1. The van der Waals surface area contributed by atoms with Crippen LogP contribution < -0.4 is 5.32 Å². The van der Waals surface area contributed by atoms with Crippen molar-refractivity contribution in [3.8, 4) is 0 Å². The van der Waals surface area contributed by atoms with Crippen LogP contribution >= 0.6 is 0 Å². The van der Waals surface area contributed by atoms with Gasteiger partial charge in [-0.1, -0.05) is 0 Å². The third-order valence-electron chi connectivity index (χ3n) is 3.98. The summed E-state index contributed by atoms with van der Waals surface area (Å²) in [6.07, 6.45) is 4.47. The zero-order chi connectivity index (χ0) is 16.7. The molecule has 23 heavy (non-hydrogen) atoms. The highest BCUT2D eigenvalue weighted by atomic mass is 32.2. The minimum Gasteiger partial charge on any atom is -0.384 e. The Balaban J connectivity index is 1.78. The third-order valence-corrected chi connectivity index (χ3v) is 5.81. The zero-order valence-corrected chi connectivity index (χ0v) is 14.1. The Morgan fingerprint density at radius 3 is 2.61 bits per heavy atom. The van der Waals surface area contributed by atoms with E-state index in [1.807, 2.05) is 12.1 Å². The van der Waals surface area contributed by atoms with Gasteiger partial charge in [-0.2, -0.15) is 0 Å². The summed E-state index contributed by atoms with van der Waals surface area (Å²) in [5.41, 5.74) is 0.993. The van der Waals surface area contributed by atoms with Gasteiger partial charge in [-0.3, -0.25) is 9.78 Å². The van der Waals surface area contributed by atoms with E-state index in [4.69, 9.17) is 4.74 Å². The number of carbonyl (C=O) groups excluding carboxylic acids is 1. The fraction of sp³-hybridized carbons (Fsp3) is 0.600. The molecule has 128 valence electrons. The normalized spacial score (nSPS) is 17.1. The molecule has 1 N–H and O–H groups in total. The third kappa shape index (κ3) is 5.26. The van der Waals surface area contributed by atoms with Gasteiger partial charge >= 0.3 is 0 Å². The van der Waals surface area contributed by atoms with Crippen LogP contribution in [-0.4, -0.2) is 56.2 Å². The first-order valence-electron chi connectivity index (χ1n) is 7.66. The number of hydrogen-bond donors (Lipinski definition) is 1. The van der Waals surface area contributed by atoms with Crippen molar-refractivity contribution in [1.29, 1.82) is 0 Å². The molecule has 0 atom stereocenters. The Labute approximate surface area is 137 Å². The first kappa shape index (κ1) is 17.8. The Morgan fingerprint density at radius 2 is 2.00 bits per heavy atom. The molecule has 0 aromatic carbocycles. The highest BCUT2D eigenvalue weighted by Gasteiger charge is 2.30. The minimum atomic E-state index is -3.28. The van der Waals surface area contributed by atoms with Crippen molar-refractivity contribution in [3.05, 3.63) is 30.1 Å². The molecule has 0 aliphatic carbocycles. The molecular formula is C15H23N3O4S. The summed E-state index contributed by atoms with van der Waals surface area (Å²) in [6, 6.07) is 3.70. The molecule has 7 nitrogen and oxygen atoms in total. The average Bonchev–Trinajstić information content (AvgIpc) is 2.59. The topological polar surface area (TPSA) is 88.6 Å². The van der Waals surface area contributed by atoms with Crippen LogP contribution in [0.5, 0.6) is 0 Å². The van der Waals surface area contributed by atoms with Gasteiger partial charge in [0.2, 0.25) is 15.9 Å². The molecule has 2 heterocycles. The number of pyridine rings is 1. The van der Waals surface area contributed by atoms with Crippen molar-refractivity contribution in [2.75, 3.05) is 32.6 Å². The largest absolute Gasteiger partial charge is 0.384 e. The van der Waals surface area contributed by atoms with Crippen LogP contribution in [-0.2, 0) is 26.1 Å². The Morgan fingerprint density at radius 1 is 1.35 bits per heavy atom. The molecule has 0 bridgehead atoms. The second kappa shape index (κ2) is 8.37. The van der Waals surface area contributed by atoms with E-state index in [0.29, 0.717) is 32.5 Å². The van der Waals surface area contributed by atoms with E-state index < -0.39 is 10.0 Å². The number of carbonyl (C=O) groups is 1. The first-order valence-corrected chi connectivity index (χ1v) is 9.27.